The monoisotopic (exact) mass is 388 g/mol. The zero-order chi connectivity index (χ0) is 20.8. The summed E-state index contributed by atoms with van der Waals surface area (Å²) in [6.07, 6.45) is -3.79. The van der Waals surface area contributed by atoms with Crippen molar-refractivity contribution in [2.75, 3.05) is 6.54 Å². The maximum atomic E-state index is 12.1. The lowest BCUT2D eigenvalue weighted by molar-refractivity contribution is -0.192. The minimum absolute atomic E-state index is 0.00756. The molecular weight excluding hydrogens is 369 g/mol. The lowest BCUT2D eigenvalue weighted by Gasteiger charge is -2.31. The first-order valence-electron chi connectivity index (χ1n) is 7.75. The molecule has 0 saturated carbocycles. The van der Waals surface area contributed by atoms with E-state index in [-0.39, 0.29) is 11.7 Å². The molecule has 1 unspecified atom stereocenters. The second-order valence-corrected chi connectivity index (χ2v) is 5.77. The van der Waals surface area contributed by atoms with E-state index in [1.54, 1.807) is 23.1 Å². The number of carboxylic acids is 1. The molecule has 1 heterocycles. The average Bonchev–Trinajstić information content (AvgIpc) is 2.56. The van der Waals surface area contributed by atoms with Gasteiger partial charge in [0.1, 0.15) is 11.8 Å². The number of alkyl halides is 3. The van der Waals surface area contributed by atoms with E-state index >= 15 is 0 Å². The normalized spacial score (nSPS) is 16.9. The number of nitrogens with two attached hydrogens (primary N) is 2. The maximum absolute atomic E-state index is 12.1. The number of carbonyl (C=O) groups excluding carboxylic acids is 2. The van der Waals surface area contributed by atoms with Gasteiger partial charge in [0, 0.05) is 18.7 Å². The van der Waals surface area contributed by atoms with Crippen molar-refractivity contribution >= 4 is 23.6 Å². The van der Waals surface area contributed by atoms with Crippen molar-refractivity contribution in [2.24, 2.45) is 17.4 Å². The maximum Gasteiger partial charge on any atom is 0.490 e. The van der Waals surface area contributed by atoms with E-state index in [9.17, 15) is 22.8 Å². The highest BCUT2D eigenvalue weighted by Crippen LogP contribution is 2.20. The molecule has 27 heavy (non-hydrogen) atoms. The van der Waals surface area contributed by atoms with Gasteiger partial charge >= 0.3 is 12.1 Å². The summed E-state index contributed by atoms with van der Waals surface area (Å²) in [6, 6.07) is 7.19. The molecule has 11 heteroatoms. The lowest BCUT2D eigenvalue weighted by atomic mass is 9.96. The van der Waals surface area contributed by atoms with Crippen LogP contribution in [0, 0.1) is 11.3 Å². The Balaban J connectivity index is 0.000000445. The van der Waals surface area contributed by atoms with Crippen LogP contribution < -0.4 is 11.5 Å². The summed E-state index contributed by atoms with van der Waals surface area (Å²) >= 11 is 0. The molecule has 8 nitrogen and oxygen atoms in total. The summed E-state index contributed by atoms with van der Waals surface area (Å²) in [5.41, 5.74) is 12.2. The van der Waals surface area contributed by atoms with E-state index in [1.165, 1.54) is 0 Å². The number of aliphatic carboxylic acids is 1. The second-order valence-electron chi connectivity index (χ2n) is 5.77. The van der Waals surface area contributed by atoms with Crippen LogP contribution in [0.2, 0.25) is 0 Å². The molecule has 1 aromatic carbocycles. The number of amidine groups is 1. The first-order chi connectivity index (χ1) is 12.4. The summed E-state index contributed by atoms with van der Waals surface area (Å²) in [5.74, 6) is -4.24. The molecule has 1 atom stereocenters. The molecule has 6 N–H and O–H groups in total. The molecule has 2 amide bonds. The highest BCUT2D eigenvalue weighted by Gasteiger charge is 2.38. The topological polar surface area (TPSA) is 151 Å². The summed E-state index contributed by atoms with van der Waals surface area (Å²) in [7, 11) is 0. The Morgan fingerprint density at radius 3 is 2.37 bits per heavy atom. The molecule has 1 fully saturated rings. The molecule has 0 radical (unpaired) electrons. The van der Waals surface area contributed by atoms with Gasteiger partial charge in [-0.2, -0.15) is 13.2 Å². The molecule has 2 rings (SSSR count). The van der Waals surface area contributed by atoms with Crippen molar-refractivity contribution in [3.8, 4) is 0 Å². The van der Waals surface area contributed by atoms with Gasteiger partial charge in [-0.25, -0.2) is 4.79 Å². The van der Waals surface area contributed by atoms with Gasteiger partial charge in [0.25, 0.3) is 0 Å². The molecule has 148 valence electrons. The fourth-order valence-electron chi connectivity index (χ4n) is 2.42. The smallest absolute Gasteiger partial charge is 0.475 e. The number of nitrogen functional groups attached to an aromatic ring is 1. The van der Waals surface area contributed by atoms with Gasteiger partial charge in [-0.1, -0.05) is 18.2 Å². The zero-order valence-electron chi connectivity index (χ0n) is 14.1. The molecule has 1 aliphatic rings. The molecule has 1 aliphatic heterocycles. The third-order valence-electron chi connectivity index (χ3n) is 3.73. The van der Waals surface area contributed by atoms with Crippen LogP contribution in [-0.4, -0.2) is 46.3 Å². The number of piperidine rings is 1. The number of primary amides is 1. The number of halogens is 3. The predicted molar refractivity (Wildman–Crippen MR) is 88.5 cm³/mol. The molecule has 0 aliphatic carbocycles. The number of hydrogen-bond acceptors (Lipinski definition) is 4. The molecular formula is C16H19F3N4O4. The van der Waals surface area contributed by atoms with E-state index in [4.69, 9.17) is 26.8 Å². The van der Waals surface area contributed by atoms with Crippen molar-refractivity contribution < 1.29 is 32.7 Å². The van der Waals surface area contributed by atoms with E-state index in [2.05, 4.69) is 0 Å². The van der Waals surface area contributed by atoms with Gasteiger partial charge in [-0.15, -0.1) is 0 Å². The first kappa shape index (κ1) is 21.9. The fourth-order valence-corrected chi connectivity index (χ4v) is 2.42. The minimum atomic E-state index is -5.08. The molecule has 0 aromatic heterocycles. The van der Waals surface area contributed by atoms with Crippen LogP contribution in [-0.2, 0) is 20.9 Å². The molecule has 1 aromatic rings. The Labute approximate surface area is 152 Å². The van der Waals surface area contributed by atoms with Crippen LogP contribution in [0.4, 0.5) is 13.2 Å². The Hall–Kier alpha value is -3.11. The molecule has 0 bridgehead atoms. The largest absolute Gasteiger partial charge is 0.490 e. The van der Waals surface area contributed by atoms with Crippen molar-refractivity contribution in [1.29, 1.82) is 5.41 Å². The quantitative estimate of drug-likeness (QED) is 0.342. The number of rotatable bonds is 4. The first-order valence-corrected chi connectivity index (χ1v) is 7.75. The number of benzene rings is 1. The van der Waals surface area contributed by atoms with Gasteiger partial charge in [-0.05, 0) is 24.5 Å². The van der Waals surface area contributed by atoms with Crippen molar-refractivity contribution in [3.63, 3.8) is 0 Å². The van der Waals surface area contributed by atoms with Crippen molar-refractivity contribution in [1.82, 2.24) is 4.90 Å². The van der Waals surface area contributed by atoms with Crippen molar-refractivity contribution in [3.05, 3.63) is 35.4 Å². The van der Waals surface area contributed by atoms with Gasteiger partial charge < -0.3 is 21.5 Å². The summed E-state index contributed by atoms with van der Waals surface area (Å²) in [5, 5.41) is 14.5. The van der Waals surface area contributed by atoms with Gasteiger partial charge in [0.05, 0.1) is 0 Å². The lowest BCUT2D eigenvalue weighted by Crippen LogP contribution is -2.45. The Morgan fingerprint density at radius 2 is 1.89 bits per heavy atom. The van der Waals surface area contributed by atoms with Gasteiger partial charge in [0.2, 0.25) is 11.8 Å². The summed E-state index contributed by atoms with van der Waals surface area (Å²) in [6.45, 7) is 1.02. The zero-order valence-corrected chi connectivity index (χ0v) is 14.1. The number of hydrogen-bond donors (Lipinski definition) is 4. The Morgan fingerprint density at radius 1 is 1.30 bits per heavy atom. The average molecular weight is 388 g/mol. The van der Waals surface area contributed by atoms with Crippen LogP contribution in [0.1, 0.15) is 24.0 Å². The van der Waals surface area contributed by atoms with Gasteiger partial charge in [-0.3, -0.25) is 15.0 Å². The Bertz CT molecular complexity index is 737. The van der Waals surface area contributed by atoms with Crippen LogP contribution in [0.5, 0.6) is 0 Å². The molecule has 0 spiro atoms. The van der Waals surface area contributed by atoms with Gasteiger partial charge in [0.15, 0.2) is 0 Å². The highest BCUT2D eigenvalue weighted by molar-refractivity contribution is 6.00. The SMILES string of the molecule is N=C(N)c1cccc(CN2CCCC(C(N)=O)C2=O)c1.O=C(O)C(F)(F)F. The number of amides is 2. The van der Waals surface area contributed by atoms with E-state index in [0.29, 0.717) is 25.1 Å². The Kier molecular flexibility index (Phi) is 7.32. The molecule has 1 saturated heterocycles. The summed E-state index contributed by atoms with van der Waals surface area (Å²) in [4.78, 5) is 33.9. The minimum Gasteiger partial charge on any atom is -0.475 e. The summed E-state index contributed by atoms with van der Waals surface area (Å²) < 4.78 is 31.7. The standard InChI is InChI=1S/C14H18N4O2.C2HF3O2/c15-12(16)10-4-1-3-9(7-10)8-18-6-2-5-11(13(17)19)14(18)20;3-2(4,5)1(6)7/h1,3-4,7,11H,2,5-6,8H2,(H3,15,16)(H2,17,19);(H,6,7). The second kappa shape index (κ2) is 9.01. The third kappa shape index (κ3) is 6.60. The van der Waals surface area contributed by atoms with Crippen LogP contribution >= 0.6 is 0 Å². The number of nitrogens with one attached hydrogen (secondary N) is 1. The number of carboxylic acid groups (broad SMARTS) is 1. The highest BCUT2D eigenvalue weighted by atomic mass is 19.4. The van der Waals surface area contributed by atoms with E-state index < -0.39 is 24.0 Å². The van der Waals surface area contributed by atoms with Crippen LogP contribution in [0.25, 0.3) is 0 Å². The van der Waals surface area contributed by atoms with E-state index in [0.717, 1.165) is 12.0 Å². The number of nitrogens with zero attached hydrogens (tertiary/aromatic N) is 1. The van der Waals surface area contributed by atoms with Crippen LogP contribution in [0.15, 0.2) is 24.3 Å². The van der Waals surface area contributed by atoms with Crippen molar-refractivity contribution in [2.45, 2.75) is 25.6 Å². The number of likely N-dealkylation sites (tertiary alicyclic amines) is 1. The van der Waals surface area contributed by atoms with E-state index in [1.807, 2.05) is 6.07 Å². The number of carbonyl (C=O) groups is 3. The third-order valence-corrected chi connectivity index (χ3v) is 3.73. The van der Waals surface area contributed by atoms with Crippen LogP contribution in [0.3, 0.4) is 0 Å². The predicted octanol–water partition coefficient (Wildman–Crippen LogP) is 0.828. The fraction of sp³-hybridized carbons (Fsp3) is 0.375.